The van der Waals surface area contributed by atoms with E-state index in [0.717, 1.165) is 5.56 Å². The Kier molecular flexibility index (Phi) is 2.83. The zero-order valence-electron chi connectivity index (χ0n) is 8.27. The summed E-state index contributed by atoms with van der Waals surface area (Å²) < 4.78 is 5.75. The van der Waals surface area contributed by atoms with Crippen molar-refractivity contribution in [3.05, 3.63) is 41.3 Å². The Bertz CT molecular complexity index is 511. The van der Waals surface area contributed by atoms with E-state index in [1.807, 2.05) is 12.1 Å². The first-order valence-corrected chi connectivity index (χ1v) is 5.41. The molecule has 0 N–H and O–H groups in total. The Labute approximate surface area is 91.8 Å². The highest BCUT2D eigenvalue weighted by molar-refractivity contribution is 7.17. The van der Waals surface area contributed by atoms with Crippen molar-refractivity contribution >= 4 is 33.5 Å². The first-order chi connectivity index (χ1) is 7.29. The highest BCUT2D eigenvalue weighted by Crippen LogP contribution is 2.22. The predicted molar refractivity (Wildman–Crippen MR) is 62.9 cm³/mol. The van der Waals surface area contributed by atoms with E-state index < -0.39 is 0 Å². The zero-order valence-corrected chi connectivity index (χ0v) is 9.08. The SMILES string of the molecule is COC(=O)C=Cc1ccc2ccsc2c1. The molecule has 0 aliphatic heterocycles. The lowest BCUT2D eigenvalue weighted by molar-refractivity contribution is -0.134. The summed E-state index contributed by atoms with van der Waals surface area (Å²) in [4.78, 5) is 10.9. The van der Waals surface area contributed by atoms with Crippen LogP contribution in [-0.2, 0) is 9.53 Å². The lowest BCUT2D eigenvalue weighted by atomic mass is 10.1. The molecule has 1 heterocycles. The number of methoxy groups -OCH3 is 1. The highest BCUT2D eigenvalue weighted by atomic mass is 32.1. The summed E-state index contributed by atoms with van der Waals surface area (Å²) in [6.45, 7) is 0. The van der Waals surface area contributed by atoms with Gasteiger partial charge in [-0.15, -0.1) is 11.3 Å². The molecule has 76 valence electrons. The van der Waals surface area contributed by atoms with Crippen molar-refractivity contribution < 1.29 is 9.53 Å². The van der Waals surface area contributed by atoms with Crippen molar-refractivity contribution in [2.24, 2.45) is 0 Å². The van der Waals surface area contributed by atoms with E-state index in [4.69, 9.17) is 0 Å². The minimum atomic E-state index is -0.332. The third-order valence-corrected chi connectivity index (χ3v) is 2.97. The van der Waals surface area contributed by atoms with Crippen LogP contribution >= 0.6 is 11.3 Å². The average molecular weight is 218 g/mol. The third-order valence-electron chi connectivity index (χ3n) is 2.09. The van der Waals surface area contributed by atoms with Gasteiger partial charge in [0.25, 0.3) is 0 Å². The molecule has 0 atom stereocenters. The van der Waals surface area contributed by atoms with Crippen molar-refractivity contribution in [3.8, 4) is 0 Å². The van der Waals surface area contributed by atoms with E-state index in [0.29, 0.717) is 0 Å². The molecular formula is C12H10O2S. The molecule has 0 unspecified atom stereocenters. The monoisotopic (exact) mass is 218 g/mol. The molecule has 0 saturated heterocycles. The maximum Gasteiger partial charge on any atom is 0.330 e. The fourth-order valence-electron chi connectivity index (χ4n) is 1.31. The summed E-state index contributed by atoms with van der Waals surface area (Å²) in [7, 11) is 1.37. The van der Waals surface area contributed by atoms with Crippen molar-refractivity contribution in [1.82, 2.24) is 0 Å². The van der Waals surface area contributed by atoms with Gasteiger partial charge in [0.2, 0.25) is 0 Å². The summed E-state index contributed by atoms with van der Waals surface area (Å²) in [5.41, 5.74) is 1.01. The molecule has 0 aliphatic rings. The molecule has 1 aromatic heterocycles. The number of hydrogen-bond donors (Lipinski definition) is 0. The molecule has 3 heteroatoms. The first kappa shape index (κ1) is 9.93. The zero-order chi connectivity index (χ0) is 10.7. The molecule has 2 nitrogen and oxygen atoms in total. The van der Waals surface area contributed by atoms with Crippen molar-refractivity contribution in [1.29, 1.82) is 0 Å². The molecule has 1 aromatic carbocycles. The van der Waals surface area contributed by atoms with Crippen molar-refractivity contribution in [3.63, 3.8) is 0 Å². The van der Waals surface area contributed by atoms with Crippen molar-refractivity contribution in [2.45, 2.75) is 0 Å². The van der Waals surface area contributed by atoms with Gasteiger partial charge >= 0.3 is 5.97 Å². The molecule has 0 amide bonds. The maximum absolute atomic E-state index is 10.9. The normalized spacial score (nSPS) is 11.0. The topological polar surface area (TPSA) is 26.3 Å². The van der Waals surface area contributed by atoms with E-state index in [-0.39, 0.29) is 5.97 Å². The van der Waals surface area contributed by atoms with Gasteiger partial charge in [-0.05, 0) is 34.5 Å². The number of ether oxygens (including phenoxy) is 1. The smallest absolute Gasteiger partial charge is 0.330 e. The second-order valence-electron chi connectivity index (χ2n) is 3.07. The van der Waals surface area contributed by atoms with E-state index >= 15 is 0 Å². The number of rotatable bonds is 2. The van der Waals surface area contributed by atoms with Gasteiger partial charge in [-0.25, -0.2) is 4.79 Å². The lowest BCUT2D eigenvalue weighted by Crippen LogP contribution is -1.93. The number of benzene rings is 1. The number of fused-ring (bicyclic) bond motifs is 1. The van der Waals surface area contributed by atoms with Crippen LogP contribution in [0.25, 0.3) is 16.2 Å². The number of esters is 1. The molecule has 0 fully saturated rings. The van der Waals surface area contributed by atoms with E-state index in [1.165, 1.54) is 23.3 Å². The molecule has 2 rings (SSSR count). The Morgan fingerprint density at radius 3 is 3.07 bits per heavy atom. The summed E-state index contributed by atoms with van der Waals surface area (Å²) in [6.07, 6.45) is 3.18. The van der Waals surface area contributed by atoms with Gasteiger partial charge in [0, 0.05) is 10.8 Å². The number of thiophene rings is 1. The fraction of sp³-hybridized carbons (Fsp3) is 0.0833. The Balaban J connectivity index is 2.28. The summed E-state index contributed by atoms with van der Waals surface area (Å²) in [6, 6.07) is 8.16. The average Bonchev–Trinajstić information content (AvgIpc) is 2.72. The van der Waals surface area contributed by atoms with Crippen LogP contribution in [-0.4, -0.2) is 13.1 Å². The van der Waals surface area contributed by atoms with Crippen LogP contribution in [0.2, 0.25) is 0 Å². The van der Waals surface area contributed by atoms with E-state index in [9.17, 15) is 4.79 Å². The van der Waals surface area contributed by atoms with Gasteiger partial charge in [0.15, 0.2) is 0 Å². The summed E-state index contributed by atoms with van der Waals surface area (Å²) in [5, 5.41) is 3.29. The first-order valence-electron chi connectivity index (χ1n) is 4.53. The van der Waals surface area contributed by atoms with E-state index in [2.05, 4.69) is 22.2 Å². The van der Waals surface area contributed by atoms with Crippen LogP contribution in [0.1, 0.15) is 5.56 Å². The third kappa shape index (κ3) is 2.25. The molecule has 0 aliphatic carbocycles. The standard InChI is InChI=1S/C12H10O2S/c1-14-12(13)5-3-9-2-4-10-6-7-15-11(10)8-9/h2-8H,1H3. The predicted octanol–water partition coefficient (Wildman–Crippen LogP) is 3.09. The molecule has 2 aromatic rings. The highest BCUT2D eigenvalue weighted by Gasteiger charge is 1.96. The van der Waals surface area contributed by atoms with Gasteiger partial charge in [-0.2, -0.15) is 0 Å². The lowest BCUT2D eigenvalue weighted by Gasteiger charge is -1.94. The number of carbonyl (C=O) groups excluding carboxylic acids is 1. The van der Waals surface area contributed by atoms with Crippen LogP contribution in [0.5, 0.6) is 0 Å². The minimum absolute atomic E-state index is 0.332. The van der Waals surface area contributed by atoms with Crippen LogP contribution in [0.15, 0.2) is 35.7 Å². The maximum atomic E-state index is 10.9. The van der Waals surface area contributed by atoms with Crippen molar-refractivity contribution in [2.75, 3.05) is 7.11 Å². The van der Waals surface area contributed by atoms with Gasteiger partial charge in [-0.3, -0.25) is 0 Å². The number of carbonyl (C=O) groups is 1. The minimum Gasteiger partial charge on any atom is -0.466 e. The summed E-state index contributed by atoms with van der Waals surface area (Å²) in [5.74, 6) is -0.332. The van der Waals surface area contributed by atoms with E-state index in [1.54, 1.807) is 17.4 Å². The second-order valence-corrected chi connectivity index (χ2v) is 4.02. The quantitative estimate of drug-likeness (QED) is 0.572. The molecule has 0 saturated carbocycles. The second kappa shape index (κ2) is 4.28. The number of hydrogen-bond acceptors (Lipinski definition) is 3. The van der Waals surface area contributed by atoms with Crippen LogP contribution in [0.3, 0.4) is 0 Å². The van der Waals surface area contributed by atoms with Gasteiger partial charge in [0.05, 0.1) is 7.11 Å². The van der Waals surface area contributed by atoms with Crippen LogP contribution in [0, 0.1) is 0 Å². The molecule has 0 bridgehead atoms. The van der Waals surface area contributed by atoms with Crippen LogP contribution < -0.4 is 0 Å². The Morgan fingerprint density at radius 2 is 2.27 bits per heavy atom. The Morgan fingerprint density at radius 1 is 1.40 bits per heavy atom. The molecular weight excluding hydrogens is 208 g/mol. The Hall–Kier alpha value is -1.61. The molecule has 0 radical (unpaired) electrons. The van der Waals surface area contributed by atoms with Gasteiger partial charge in [-0.1, -0.05) is 12.1 Å². The van der Waals surface area contributed by atoms with Gasteiger partial charge < -0.3 is 4.74 Å². The fourth-order valence-corrected chi connectivity index (χ4v) is 2.14. The largest absolute Gasteiger partial charge is 0.466 e. The molecule has 0 spiro atoms. The summed E-state index contributed by atoms with van der Waals surface area (Å²) >= 11 is 1.69. The van der Waals surface area contributed by atoms with Gasteiger partial charge in [0.1, 0.15) is 0 Å². The van der Waals surface area contributed by atoms with Crippen LogP contribution in [0.4, 0.5) is 0 Å². The molecule has 15 heavy (non-hydrogen) atoms.